The van der Waals surface area contributed by atoms with Crippen LogP contribution >= 0.6 is 0 Å². The van der Waals surface area contributed by atoms with E-state index in [1.54, 1.807) is 26.2 Å². The van der Waals surface area contributed by atoms with E-state index in [9.17, 15) is 4.79 Å². The Morgan fingerprint density at radius 2 is 2.24 bits per heavy atom. The van der Waals surface area contributed by atoms with Crippen LogP contribution in [0.15, 0.2) is 12.1 Å². The smallest absolute Gasteiger partial charge is 0.335 e. The van der Waals surface area contributed by atoms with Crippen LogP contribution in [0.25, 0.3) is 0 Å². The lowest BCUT2D eigenvalue weighted by Gasteiger charge is -2.22. The zero-order valence-electron chi connectivity index (χ0n) is 10.4. The van der Waals surface area contributed by atoms with Gasteiger partial charge in [-0.05, 0) is 26.0 Å². The highest BCUT2D eigenvalue weighted by molar-refractivity contribution is 5.88. The molecule has 94 valence electrons. The molecule has 0 unspecified atom stereocenters. The van der Waals surface area contributed by atoms with Crippen molar-refractivity contribution < 1.29 is 14.6 Å². The van der Waals surface area contributed by atoms with E-state index in [1.165, 1.54) is 0 Å². The first-order chi connectivity index (χ1) is 8.08. The summed E-state index contributed by atoms with van der Waals surface area (Å²) in [5.74, 6) is -0.249. The Bertz CT molecular complexity index is 393. The van der Waals surface area contributed by atoms with Crippen molar-refractivity contribution in [2.24, 2.45) is 0 Å². The van der Waals surface area contributed by atoms with Gasteiger partial charge in [-0.25, -0.2) is 9.78 Å². The number of aryl methyl sites for hydroxylation is 1. The van der Waals surface area contributed by atoms with Gasteiger partial charge in [-0.3, -0.25) is 0 Å². The van der Waals surface area contributed by atoms with E-state index in [4.69, 9.17) is 9.84 Å². The zero-order valence-corrected chi connectivity index (χ0v) is 10.4. The number of aromatic nitrogens is 1. The largest absolute Gasteiger partial charge is 0.478 e. The van der Waals surface area contributed by atoms with Gasteiger partial charge in [0.15, 0.2) is 0 Å². The number of likely N-dealkylation sites (N-methyl/N-ethyl adjacent to an activating group) is 1. The fourth-order valence-electron chi connectivity index (χ4n) is 1.57. The molecule has 5 heteroatoms. The van der Waals surface area contributed by atoms with Gasteiger partial charge in [-0.2, -0.15) is 0 Å². The van der Waals surface area contributed by atoms with E-state index in [-0.39, 0.29) is 5.56 Å². The number of hydrogen-bond donors (Lipinski definition) is 1. The van der Waals surface area contributed by atoms with Crippen LogP contribution in [0.3, 0.4) is 0 Å². The number of nitrogens with zero attached hydrogens (tertiary/aromatic N) is 2. The molecule has 1 rings (SSSR count). The SMILES string of the molecule is CCN(CCOC)c1cc(C(=O)O)cc(C)n1. The fraction of sp³-hybridized carbons (Fsp3) is 0.500. The van der Waals surface area contributed by atoms with Crippen LogP contribution in [-0.4, -0.2) is 42.9 Å². The van der Waals surface area contributed by atoms with E-state index in [0.29, 0.717) is 24.7 Å². The maximum absolute atomic E-state index is 11.0. The average molecular weight is 238 g/mol. The van der Waals surface area contributed by atoms with Gasteiger partial charge in [0, 0.05) is 25.9 Å². The van der Waals surface area contributed by atoms with Crippen LogP contribution in [0, 0.1) is 6.92 Å². The molecule has 17 heavy (non-hydrogen) atoms. The fourth-order valence-corrected chi connectivity index (χ4v) is 1.57. The van der Waals surface area contributed by atoms with Gasteiger partial charge in [0.05, 0.1) is 12.2 Å². The highest BCUT2D eigenvalue weighted by Crippen LogP contribution is 2.14. The molecule has 1 N–H and O–H groups in total. The molecule has 0 amide bonds. The van der Waals surface area contributed by atoms with Crippen molar-refractivity contribution >= 4 is 11.8 Å². The van der Waals surface area contributed by atoms with Crippen LogP contribution in [0.2, 0.25) is 0 Å². The summed E-state index contributed by atoms with van der Waals surface area (Å²) in [5.41, 5.74) is 0.971. The summed E-state index contributed by atoms with van der Waals surface area (Å²) in [6, 6.07) is 3.16. The highest BCUT2D eigenvalue weighted by atomic mass is 16.5. The Labute approximate surface area is 101 Å². The molecule has 0 aliphatic rings. The third-order valence-electron chi connectivity index (χ3n) is 2.46. The molecule has 1 aromatic heterocycles. The summed E-state index contributed by atoms with van der Waals surface area (Å²) in [7, 11) is 1.64. The molecule has 0 bridgehead atoms. The molecule has 0 radical (unpaired) electrons. The number of pyridine rings is 1. The minimum absolute atomic E-state index is 0.267. The number of carboxylic acids is 1. The molecule has 0 aliphatic carbocycles. The number of carboxylic acid groups (broad SMARTS) is 1. The number of aromatic carboxylic acids is 1. The van der Waals surface area contributed by atoms with Gasteiger partial charge in [0.1, 0.15) is 5.82 Å². The third kappa shape index (κ3) is 3.71. The maximum atomic E-state index is 11.0. The predicted octanol–water partition coefficient (Wildman–Crippen LogP) is 1.56. The minimum Gasteiger partial charge on any atom is -0.478 e. The number of ether oxygens (including phenoxy) is 1. The number of carbonyl (C=O) groups is 1. The highest BCUT2D eigenvalue weighted by Gasteiger charge is 2.11. The molecule has 0 saturated carbocycles. The van der Waals surface area contributed by atoms with Gasteiger partial charge < -0.3 is 14.7 Å². The Morgan fingerprint density at radius 3 is 2.76 bits per heavy atom. The van der Waals surface area contributed by atoms with Crippen molar-refractivity contribution in [3.05, 3.63) is 23.4 Å². The molecular weight excluding hydrogens is 220 g/mol. The van der Waals surface area contributed by atoms with Crippen molar-refractivity contribution in [2.45, 2.75) is 13.8 Å². The van der Waals surface area contributed by atoms with Crippen LogP contribution in [0.1, 0.15) is 23.0 Å². The number of methoxy groups -OCH3 is 1. The van der Waals surface area contributed by atoms with Crippen LogP contribution in [0.4, 0.5) is 5.82 Å². The lowest BCUT2D eigenvalue weighted by molar-refractivity contribution is 0.0696. The van der Waals surface area contributed by atoms with E-state index >= 15 is 0 Å². The quantitative estimate of drug-likeness (QED) is 0.814. The second-order valence-corrected chi connectivity index (χ2v) is 3.73. The summed E-state index contributed by atoms with van der Waals surface area (Å²) < 4.78 is 5.02. The molecule has 5 nitrogen and oxygen atoms in total. The van der Waals surface area contributed by atoms with E-state index in [2.05, 4.69) is 4.98 Å². The Hall–Kier alpha value is -1.62. The molecule has 0 aliphatic heterocycles. The second kappa shape index (κ2) is 6.20. The minimum atomic E-state index is -0.931. The van der Waals surface area contributed by atoms with E-state index in [0.717, 1.165) is 6.54 Å². The molecule has 0 atom stereocenters. The summed E-state index contributed by atoms with van der Waals surface area (Å²) in [6.45, 7) is 5.84. The first-order valence-electron chi connectivity index (χ1n) is 5.54. The zero-order chi connectivity index (χ0) is 12.8. The summed E-state index contributed by atoms with van der Waals surface area (Å²) >= 11 is 0. The topological polar surface area (TPSA) is 62.7 Å². The van der Waals surface area contributed by atoms with E-state index < -0.39 is 5.97 Å². The number of rotatable bonds is 6. The van der Waals surface area contributed by atoms with Gasteiger partial charge >= 0.3 is 5.97 Å². The van der Waals surface area contributed by atoms with Gasteiger partial charge in [-0.15, -0.1) is 0 Å². The standard InChI is InChI=1S/C12H18N2O3/c1-4-14(5-6-17-3)11-8-10(12(15)16)7-9(2)13-11/h7-8H,4-6H2,1-3H3,(H,15,16). The summed E-state index contributed by atoms with van der Waals surface area (Å²) in [4.78, 5) is 17.3. The predicted molar refractivity (Wildman–Crippen MR) is 65.7 cm³/mol. The Morgan fingerprint density at radius 1 is 1.53 bits per heavy atom. The number of anilines is 1. The molecule has 0 fully saturated rings. The third-order valence-corrected chi connectivity index (χ3v) is 2.46. The first-order valence-corrected chi connectivity index (χ1v) is 5.54. The van der Waals surface area contributed by atoms with Crippen molar-refractivity contribution in [1.82, 2.24) is 4.98 Å². The first kappa shape index (κ1) is 13.4. The van der Waals surface area contributed by atoms with Crippen molar-refractivity contribution in [2.75, 3.05) is 31.7 Å². The van der Waals surface area contributed by atoms with Crippen molar-refractivity contribution in [3.63, 3.8) is 0 Å². The maximum Gasteiger partial charge on any atom is 0.335 e. The average Bonchev–Trinajstić information content (AvgIpc) is 2.29. The van der Waals surface area contributed by atoms with Gasteiger partial charge in [-0.1, -0.05) is 0 Å². The van der Waals surface area contributed by atoms with Crippen molar-refractivity contribution in [1.29, 1.82) is 0 Å². The number of hydrogen-bond acceptors (Lipinski definition) is 4. The molecule has 0 aromatic carbocycles. The monoisotopic (exact) mass is 238 g/mol. The summed E-state index contributed by atoms with van der Waals surface area (Å²) in [6.07, 6.45) is 0. The Balaban J connectivity index is 2.98. The van der Waals surface area contributed by atoms with Gasteiger partial charge in [0.25, 0.3) is 0 Å². The summed E-state index contributed by atoms with van der Waals surface area (Å²) in [5, 5.41) is 8.99. The molecule has 0 spiro atoms. The lowest BCUT2D eigenvalue weighted by Crippen LogP contribution is -2.28. The molecular formula is C12H18N2O3. The van der Waals surface area contributed by atoms with Gasteiger partial charge in [0.2, 0.25) is 0 Å². The van der Waals surface area contributed by atoms with E-state index in [1.807, 2.05) is 11.8 Å². The van der Waals surface area contributed by atoms with Crippen molar-refractivity contribution in [3.8, 4) is 0 Å². The second-order valence-electron chi connectivity index (χ2n) is 3.73. The molecule has 1 heterocycles. The van der Waals surface area contributed by atoms with Crippen LogP contribution < -0.4 is 4.90 Å². The van der Waals surface area contributed by atoms with Crippen LogP contribution in [0.5, 0.6) is 0 Å². The van der Waals surface area contributed by atoms with Crippen LogP contribution in [-0.2, 0) is 4.74 Å². The lowest BCUT2D eigenvalue weighted by atomic mass is 10.2. The Kier molecular flexibility index (Phi) is 4.90. The molecule has 0 saturated heterocycles. The normalized spacial score (nSPS) is 10.3. The molecule has 1 aromatic rings.